The molecule has 3 N–H and O–H groups in total. The van der Waals surface area contributed by atoms with Crippen molar-refractivity contribution in [3.63, 3.8) is 0 Å². The molecule has 78 valence electrons. The van der Waals surface area contributed by atoms with E-state index in [1.54, 1.807) is 0 Å². The first-order valence-corrected chi connectivity index (χ1v) is 4.09. The molecule has 0 aliphatic carbocycles. The van der Waals surface area contributed by atoms with Crippen LogP contribution in [0.25, 0.3) is 0 Å². The van der Waals surface area contributed by atoms with E-state index in [1.807, 2.05) is 6.92 Å². The zero-order valence-electron chi connectivity index (χ0n) is 7.69. The number of carbonyl (C=O) groups is 2. The Morgan fingerprint density at radius 3 is 1.62 bits per heavy atom. The van der Waals surface area contributed by atoms with Crippen LogP contribution in [0.3, 0.4) is 0 Å². The van der Waals surface area contributed by atoms with Crippen LogP contribution in [0.4, 0.5) is 0 Å². The Bertz CT molecular complexity index is 143. The maximum atomic E-state index is 9.65. The van der Waals surface area contributed by atoms with Crippen molar-refractivity contribution in [2.45, 2.75) is 32.6 Å². The molecule has 0 aliphatic heterocycles. The quantitative estimate of drug-likeness (QED) is 0.596. The first kappa shape index (κ1) is 14.4. The van der Waals surface area contributed by atoms with E-state index in [-0.39, 0.29) is 13.0 Å². The molecule has 5 heteroatoms. The first-order chi connectivity index (χ1) is 6.04. The molecule has 0 unspecified atom stereocenters. The molecule has 0 aromatic carbocycles. The number of aliphatic carboxylic acids is 2. The van der Waals surface area contributed by atoms with Gasteiger partial charge in [-0.1, -0.05) is 6.92 Å². The molecule has 0 spiro atoms. The van der Waals surface area contributed by atoms with E-state index >= 15 is 0 Å². The van der Waals surface area contributed by atoms with Gasteiger partial charge in [-0.3, -0.25) is 9.59 Å². The molecular weight excluding hydrogens is 176 g/mol. The number of carboxylic acid groups (broad SMARTS) is 2. The summed E-state index contributed by atoms with van der Waals surface area (Å²) in [5.74, 6) is -1.56. The van der Waals surface area contributed by atoms with Gasteiger partial charge < -0.3 is 15.3 Å². The summed E-state index contributed by atoms with van der Waals surface area (Å²) < 4.78 is 0. The minimum Gasteiger partial charge on any atom is -0.481 e. The normalized spacial score (nSPS) is 8.46. The second kappa shape index (κ2) is 10.9. The van der Waals surface area contributed by atoms with Crippen molar-refractivity contribution in [3.05, 3.63) is 0 Å². The predicted octanol–water partition coefficient (Wildman–Crippen LogP) is 0.715. The summed E-state index contributed by atoms with van der Waals surface area (Å²) in [5.41, 5.74) is 0. The van der Waals surface area contributed by atoms with Gasteiger partial charge in [0.2, 0.25) is 0 Å². The van der Waals surface area contributed by atoms with Crippen LogP contribution in [-0.4, -0.2) is 33.9 Å². The Morgan fingerprint density at radius 1 is 1.08 bits per heavy atom. The number of rotatable bonds is 5. The van der Waals surface area contributed by atoms with Gasteiger partial charge in [0.05, 0.1) is 0 Å². The molecule has 0 aromatic heterocycles. The van der Waals surface area contributed by atoms with Gasteiger partial charge in [-0.25, -0.2) is 0 Å². The highest BCUT2D eigenvalue weighted by molar-refractivity contribution is 5.66. The van der Waals surface area contributed by atoms with Crippen molar-refractivity contribution < 1.29 is 24.9 Å². The summed E-state index contributed by atoms with van der Waals surface area (Å²) in [6.45, 7) is 1.81. The topological polar surface area (TPSA) is 94.8 Å². The predicted molar refractivity (Wildman–Crippen MR) is 46.5 cm³/mol. The first-order valence-electron chi connectivity index (χ1n) is 4.09. The maximum absolute atomic E-state index is 9.65. The number of hydrogen-bond acceptors (Lipinski definition) is 3. The van der Waals surface area contributed by atoms with Crippen molar-refractivity contribution >= 4 is 11.9 Å². The second-order valence-corrected chi connectivity index (χ2v) is 2.36. The third kappa shape index (κ3) is 24.8. The number of aliphatic hydroxyl groups is 1. The third-order valence-corrected chi connectivity index (χ3v) is 1.01. The lowest BCUT2D eigenvalue weighted by Gasteiger charge is -1.85. The Morgan fingerprint density at radius 2 is 1.54 bits per heavy atom. The Balaban J connectivity index is 0. The molecular formula is C8H16O5. The van der Waals surface area contributed by atoms with Crippen molar-refractivity contribution in [2.75, 3.05) is 6.61 Å². The van der Waals surface area contributed by atoms with Crippen LogP contribution >= 0.6 is 0 Å². The second-order valence-electron chi connectivity index (χ2n) is 2.36. The van der Waals surface area contributed by atoms with E-state index in [9.17, 15) is 9.59 Å². The lowest BCUT2D eigenvalue weighted by Crippen LogP contribution is -1.95. The molecule has 0 saturated carbocycles. The molecule has 13 heavy (non-hydrogen) atoms. The molecule has 0 heterocycles. The van der Waals surface area contributed by atoms with Crippen LogP contribution in [0.2, 0.25) is 0 Å². The van der Waals surface area contributed by atoms with Crippen molar-refractivity contribution in [3.8, 4) is 0 Å². The average Bonchev–Trinajstić information content (AvgIpc) is 2.01. The van der Waals surface area contributed by atoms with Crippen molar-refractivity contribution in [1.29, 1.82) is 0 Å². The van der Waals surface area contributed by atoms with E-state index in [4.69, 9.17) is 15.3 Å². The van der Waals surface area contributed by atoms with Crippen molar-refractivity contribution in [2.24, 2.45) is 0 Å². The van der Waals surface area contributed by atoms with Gasteiger partial charge in [0.1, 0.15) is 0 Å². The monoisotopic (exact) mass is 192 g/mol. The standard InChI is InChI=1S/C4H8O3.C4H8O2/c5-3-1-2-4(6)7;1-2-3-4(5)6/h5H,1-3H2,(H,6,7);2-3H2,1H3,(H,5,6). The summed E-state index contributed by atoms with van der Waals surface area (Å²) in [7, 11) is 0. The lowest BCUT2D eigenvalue weighted by molar-refractivity contribution is -0.138. The van der Waals surface area contributed by atoms with Gasteiger partial charge in [0, 0.05) is 19.4 Å². The molecule has 0 saturated heterocycles. The van der Waals surface area contributed by atoms with E-state index < -0.39 is 11.9 Å². The zero-order valence-corrected chi connectivity index (χ0v) is 7.69. The van der Waals surface area contributed by atoms with E-state index in [0.29, 0.717) is 12.8 Å². The van der Waals surface area contributed by atoms with E-state index in [0.717, 1.165) is 6.42 Å². The van der Waals surface area contributed by atoms with E-state index in [2.05, 4.69) is 0 Å². The summed E-state index contributed by atoms with van der Waals surface area (Å²) in [6.07, 6.45) is 1.45. The molecule has 5 nitrogen and oxygen atoms in total. The average molecular weight is 192 g/mol. The van der Waals surface area contributed by atoms with Crippen LogP contribution in [-0.2, 0) is 9.59 Å². The third-order valence-electron chi connectivity index (χ3n) is 1.01. The highest BCUT2D eigenvalue weighted by atomic mass is 16.4. The molecule has 0 radical (unpaired) electrons. The van der Waals surface area contributed by atoms with Crippen LogP contribution in [0, 0.1) is 0 Å². The van der Waals surface area contributed by atoms with Gasteiger partial charge in [0.25, 0.3) is 0 Å². The van der Waals surface area contributed by atoms with Gasteiger partial charge in [-0.2, -0.15) is 0 Å². The summed E-state index contributed by atoms with van der Waals surface area (Å²) in [6, 6.07) is 0. The van der Waals surface area contributed by atoms with Gasteiger partial charge >= 0.3 is 11.9 Å². The zero-order chi connectivity index (χ0) is 10.7. The fourth-order valence-corrected chi connectivity index (χ4v) is 0.444. The number of aliphatic hydroxyl groups excluding tert-OH is 1. The summed E-state index contributed by atoms with van der Waals surface area (Å²) in [4.78, 5) is 19.2. The minimum absolute atomic E-state index is 0.0354. The maximum Gasteiger partial charge on any atom is 0.303 e. The summed E-state index contributed by atoms with van der Waals surface area (Å²) >= 11 is 0. The molecule has 0 amide bonds. The van der Waals surface area contributed by atoms with Gasteiger partial charge in [-0.05, 0) is 12.8 Å². The smallest absolute Gasteiger partial charge is 0.303 e. The largest absolute Gasteiger partial charge is 0.481 e. The number of carboxylic acids is 2. The molecule has 0 bridgehead atoms. The Kier molecular flexibility index (Phi) is 12.1. The molecule has 0 aliphatic rings. The molecule has 0 rings (SSSR count). The van der Waals surface area contributed by atoms with Crippen molar-refractivity contribution in [1.82, 2.24) is 0 Å². The molecule has 0 atom stereocenters. The van der Waals surface area contributed by atoms with Gasteiger partial charge in [0.15, 0.2) is 0 Å². The molecule has 0 fully saturated rings. The highest BCUT2D eigenvalue weighted by Crippen LogP contribution is 1.83. The van der Waals surface area contributed by atoms with Crippen LogP contribution in [0.5, 0.6) is 0 Å². The van der Waals surface area contributed by atoms with E-state index in [1.165, 1.54) is 0 Å². The van der Waals surface area contributed by atoms with Crippen LogP contribution in [0.15, 0.2) is 0 Å². The Labute approximate surface area is 77.0 Å². The van der Waals surface area contributed by atoms with Crippen LogP contribution < -0.4 is 0 Å². The number of hydrogen-bond donors (Lipinski definition) is 3. The fraction of sp³-hybridized carbons (Fsp3) is 0.750. The minimum atomic E-state index is -0.853. The fourth-order valence-electron chi connectivity index (χ4n) is 0.444. The SMILES string of the molecule is CCCC(=O)O.O=C(O)CCCO. The molecule has 0 aromatic rings. The van der Waals surface area contributed by atoms with Gasteiger partial charge in [-0.15, -0.1) is 0 Å². The highest BCUT2D eigenvalue weighted by Gasteiger charge is 1.91. The van der Waals surface area contributed by atoms with Crippen LogP contribution in [0.1, 0.15) is 32.6 Å². The Hall–Kier alpha value is -1.10. The summed E-state index contributed by atoms with van der Waals surface area (Å²) in [5, 5.41) is 23.9. The lowest BCUT2D eigenvalue weighted by atomic mass is 10.3.